The quantitative estimate of drug-likeness (QED) is 0.848. The minimum Gasteiger partial charge on any atom is -0.366 e. The number of carbonyl (C=O) groups excluding carboxylic acids is 2. The van der Waals surface area contributed by atoms with E-state index in [9.17, 15) is 9.59 Å². The maximum atomic E-state index is 12.1. The summed E-state index contributed by atoms with van der Waals surface area (Å²) in [6.07, 6.45) is 3.34. The third-order valence-electron chi connectivity index (χ3n) is 2.70. The Balaban J connectivity index is 2.08. The fourth-order valence-corrected chi connectivity index (χ4v) is 1.68. The maximum Gasteiger partial charge on any atom is 0.254 e. The number of nitrogens with one attached hydrogen (secondary N) is 1. The summed E-state index contributed by atoms with van der Waals surface area (Å²) in [7, 11) is 1.69. The highest BCUT2D eigenvalue weighted by Crippen LogP contribution is 2.08. The Morgan fingerprint density at radius 3 is 2.42 bits per heavy atom. The van der Waals surface area contributed by atoms with Gasteiger partial charge in [0.05, 0.1) is 6.54 Å². The highest BCUT2D eigenvalue weighted by atomic mass is 16.2. The number of hydrogen-bond acceptors (Lipinski definition) is 3. The Bertz CT molecular complexity index is 575. The van der Waals surface area contributed by atoms with E-state index >= 15 is 0 Å². The van der Waals surface area contributed by atoms with Crippen molar-refractivity contribution in [2.45, 2.75) is 6.54 Å². The Morgan fingerprint density at radius 1 is 1.26 bits per heavy atom. The number of H-pyrrole nitrogens is 1. The molecule has 6 heteroatoms. The lowest BCUT2D eigenvalue weighted by molar-refractivity contribution is 0.0781. The highest BCUT2D eigenvalue weighted by molar-refractivity contribution is 5.97. The van der Waals surface area contributed by atoms with Gasteiger partial charge in [0.15, 0.2) is 0 Å². The highest BCUT2D eigenvalue weighted by Gasteiger charge is 2.13. The molecule has 1 aromatic carbocycles. The second kappa shape index (κ2) is 5.34. The fraction of sp³-hybridized carbons (Fsp3) is 0.154. The van der Waals surface area contributed by atoms with Crippen molar-refractivity contribution in [3.8, 4) is 0 Å². The summed E-state index contributed by atoms with van der Waals surface area (Å²) in [6.45, 7) is 0.392. The molecular weight excluding hydrogens is 244 g/mol. The summed E-state index contributed by atoms with van der Waals surface area (Å²) in [5.41, 5.74) is 6.02. The molecule has 2 rings (SSSR count). The zero-order valence-electron chi connectivity index (χ0n) is 10.5. The van der Waals surface area contributed by atoms with Gasteiger partial charge in [-0.3, -0.25) is 9.59 Å². The molecule has 3 N–H and O–H groups in total. The van der Waals surface area contributed by atoms with E-state index in [1.54, 1.807) is 31.6 Å². The van der Waals surface area contributed by atoms with Crippen LogP contribution in [0.3, 0.4) is 0 Å². The summed E-state index contributed by atoms with van der Waals surface area (Å²) in [4.78, 5) is 31.6. The first-order valence-electron chi connectivity index (χ1n) is 5.71. The molecule has 0 aliphatic carbocycles. The van der Waals surface area contributed by atoms with Gasteiger partial charge in [-0.05, 0) is 24.3 Å². The molecule has 2 amide bonds. The van der Waals surface area contributed by atoms with Crippen LogP contribution in [-0.4, -0.2) is 33.7 Å². The van der Waals surface area contributed by atoms with Crippen LogP contribution in [0.1, 0.15) is 26.5 Å². The van der Waals surface area contributed by atoms with Crippen molar-refractivity contribution >= 4 is 11.8 Å². The zero-order chi connectivity index (χ0) is 13.8. The maximum absolute atomic E-state index is 12.1. The molecule has 0 spiro atoms. The van der Waals surface area contributed by atoms with Crippen molar-refractivity contribution in [1.29, 1.82) is 0 Å². The number of nitrogens with two attached hydrogens (primary N) is 1. The van der Waals surface area contributed by atoms with E-state index in [0.717, 1.165) is 0 Å². The van der Waals surface area contributed by atoms with Gasteiger partial charge in [0.25, 0.3) is 5.91 Å². The monoisotopic (exact) mass is 258 g/mol. The molecule has 2 aromatic rings. The molecule has 0 saturated heterocycles. The third kappa shape index (κ3) is 2.98. The number of aromatic nitrogens is 2. The average Bonchev–Trinajstić information content (AvgIpc) is 2.90. The van der Waals surface area contributed by atoms with E-state index < -0.39 is 5.91 Å². The number of amides is 2. The number of hydrogen-bond donors (Lipinski definition) is 2. The van der Waals surface area contributed by atoms with Crippen LogP contribution in [0, 0.1) is 0 Å². The number of carbonyl (C=O) groups is 2. The number of nitrogens with zero attached hydrogens (tertiary/aromatic N) is 2. The van der Waals surface area contributed by atoms with Crippen LogP contribution < -0.4 is 5.73 Å². The number of imidazole rings is 1. The minimum atomic E-state index is -0.511. The minimum absolute atomic E-state index is 0.146. The molecule has 1 aromatic heterocycles. The standard InChI is InChI=1S/C13H14N4O2/c1-17(8-11-15-6-7-16-11)13(19)10-4-2-9(3-5-10)12(14)18/h2-7H,8H2,1H3,(H2,14,18)(H,15,16). The van der Waals surface area contributed by atoms with Gasteiger partial charge in [-0.2, -0.15) is 0 Å². The normalized spacial score (nSPS) is 10.2. The Labute approximate surface area is 110 Å². The third-order valence-corrected chi connectivity index (χ3v) is 2.70. The smallest absolute Gasteiger partial charge is 0.254 e. The molecule has 0 bridgehead atoms. The van der Waals surface area contributed by atoms with Crippen molar-refractivity contribution in [2.24, 2.45) is 5.73 Å². The Morgan fingerprint density at radius 2 is 1.89 bits per heavy atom. The number of aromatic amines is 1. The van der Waals surface area contributed by atoms with Crippen molar-refractivity contribution in [3.05, 3.63) is 53.6 Å². The molecular formula is C13H14N4O2. The molecule has 0 aliphatic heterocycles. The lowest BCUT2D eigenvalue weighted by Crippen LogP contribution is -2.26. The van der Waals surface area contributed by atoms with Crippen LogP contribution in [0.5, 0.6) is 0 Å². The van der Waals surface area contributed by atoms with Crippen LogP contribution >= 0.6 is 0 Å². The molecule has 0 unspecified atom stereocenters. The topological polar surface area (TPSA) is 92.1 Å². The van der Waals surface area contributed by atoms with Crippen molar-refractivity contribution in [1.82, 2.24) is 14.9 Å². The molecule has 0 aliphatic rings. The predicted molar refractivity (Wildman–Crippen MR) is 69.3 cm³/mol. The predicted octanol–water partition coefficient (Wildman–Crippen LogP) is 0.781. The molecule has 0 fully saturated rings. The molecule has 6 nitrogen and oxygen atoms in total. The van der Waals surface area contributed by atoms with E-state index in [2.05, 4.69) is 9.97 Å². The van der Waals surface area contributed by atoms with Crippen molar-refractivity contribution in [2.75, 3.05) is 7.05 Å². The van der Waals surface area contributed by atoms with Crippen LogP contribution in [0.2, 0.25) is 0 Å². The Kier molecular flexibility index (Phi) is 3.61. The Hall–Kier alpha value is -2.63. The number of benzene rings is 1. The molecule has 0 radical (unpaired) electrons. The van der Waals surface area contributed by atoms with Gasteiger partial charge in [0, 0.05) is 30.6 Å². The van der Waals surface area contributed by atoms with E-state index in [4.69, 9.17) is 5.73 Å². The fourth-order valence-electron chi connectivity index (χ4n) is 1.68. The molecule has 1 heterocycles. The summed E-state index contributed by atoms with van der Waals surface area (Å²) < 4.78 is 0. The SMILES string of the molecule is CN(Cc1ncc[nH]1)C(=O)c1ccc(C(N)=O)cc1. The van der Waals surface area contributed by atoms with Crippen LogP contribution in [0.4, 0.5) is 0 Å². The number of primary amides is 1. The van der Waals surface area contributed by atoms with Gasteiger partial charge < -0.3 is 15.6 Å². The van der Waals surface area contributed by atoms with E-state index in [-0.39, 0.29) is 5.91 Å². The molecule has 98 valence electrons. The first-order valence-corrected chi connectivity index (χ1v) is 5.71. The lowest BCUT2D eigenvalue weighted by Gasteiger charge is -2.15. The summed E-state index contributed by atoms with van der Waals surface area (Å²) in [5.74, 6) is 0.0555. The second-order valence-corrected chi connectivity index (χ2v) is 4.14. The number of rotatable bonds is 4. The van der Waals surface area contributed by atoms with Gasteiger partial charge in [-0.25, -0.2) is 4.98 Å². The second-order valence-electron chi connectivity index (χ2n) is 4.14. The van der Waals surface area contributed by atoms with Gasteiger partial charge >= 0.3 is 0 Å². The van der Waals surface area contributed by atoms with Crippen LogP contribution in [-0.2, 0) is 6.54 Å². The molecule has 0 atom stereocenters. The lowest BCUT2D eigenvalue weighted by atomic mass is 10.1. The first kappa shape index (κ1) is 12.8. The zero-order valence-corrected chi connectivity index (χ0v) is 10.5. The van der Waals surface area contributed by atoms with Crippen molar-refractivity contribution in [3.63, 3.8) is 0 Å². The molecule has 19 heavy (non-hydrogen) atoms. The van der Waals surface area contributed by atoms with E-state index in [1.807, 2.05) is 0 Å². The average molecular weight is 258 g/mol. The molecule has 0 saturated carbocycles. The van der Waals surface area contributed by atoms with E-state index in [0.29, 0.717) is 23.5 Å². The van der Waals surface area contributed by atoms with Gasteiger partial charge in [0.2, 0.25) is 5.91 Å². The van der Waals surface area contributed by atoms with Gasteiger partial charge in [-0.1, -0.05) is 0 Å². The van der Waals surface area contributed by atoms with Gasteiger partial charge in [-0.15, -0.1) is 0 Å². The van der Waals surface area contributed by atoms with Crippen molar-refractivity contribution < 1.29 is 9.59 Å². The van der Waals surface area contributed by atoms with E-state index in [1.165, 1.54) is 17.0 Å². The first-order chi connectivity index (χ1) is 9.08. The van der Waals surface area contributed by atoms with Gasteiger partial charge in [0.1, 0.15) is 5.82 Å². The van der Waals surface area contributed by atoms with Crippen LogP contribution in [0.25, 0.3) is 0 Å². The summed E-state index contributed by atoms with van der Waals surface area (Å²) in [6, 6.07) is 6.24. The summed E-state index contributed by atoms with van der Waals surface area (Å²) >= 11 is 0. The largest absolute Gasteiger partial charge is 0.366 e. The van der Waals surface area contributed by atoms with Crippen LogP contribution in [0.15, 0.2) is 36.7 Å². The summed E-state index contributed by atoms with van der Waals surface area (Å²) in [5, 5.41) is 0.